The molecule has 0 radical (unpaired) electrons. The van der Waals surface area contributed by atoms with Gasteiger partial charge in [-0.1, -0.05) is 0 Å². The third kappa shape index (κ3) is 5.89. The minimum atomic E-state index is -5.56. The minimum Gasteiger partial charge on any atom is -0.394 e. The Morgan fingerprint density at radius 1 is 0.921 bits per heavy atom. The molecule has 38 heavy (non-hydrogen) atoms. The van der Waals surface area contributed by atoms with Gasteiger partial charge in [-0.05, 0) is 0 Å². The lowest BCUT2D eigenvalue weighted by Crippen LogP contribution is -2.58. The van der Waals surface area contributed by atoms with Crippen LogP contribution in [-0.2, 0) is 32.0 Å². The van der Waals surface area contributed by atoms with Crippen LogP contribution in [0.15, 0.2) is 12.7 Å². The molecular formula is C16H25N5O15P2. The van der Waals surface area contributed by atoms with Crippen LogP contribution in [0.2, 0.25) is 0 Å². The molecule has 2 aliphatic rings. The van der Waals surface area contributed by atoms with Crippen molar-refractivity contribution in [2.75, 3.05) is 18.9 Å². The van der Waals surface area contributed by atoms with Gasteiger partial charge in [0.05, 0.1) is 19.5 Å². The number of aliphatic hydroxyl groups excluding tert-OH is 6. The molecule has 2 aliphatic heterocycles. The molecule has 0 aliphatic carbocycles. The fourth-order valence-electron chi connectivity index (χ4n) is 3.78. The summed E-state index contributed by atoms with van der Waals surface area (Å²) in [5.74, 6) is 0.0411. The second-order valence-corrected chi connectivity index (χ2v) is 11.2. The summed E-state index contributed by atoms with van der Waals surface area (Å²) in [5.41, 5.74) is 6.05. The first-order valence-electron chi connectivity index (χ1n) is 10.7. The monoisotopic (exact) mass is 589 g/mol. The molecule has 7 unspecified atom stereocenters. The van der Waals surface area contributed by atoms with Crippen LogP contribution in [0.25, 0.3) is 11.2 Å². The molecule has 0 aromatic carbocycles. The van der Waals surface area contributed by atoms with Gasteiger partial charge >= 0.3 is 15.6 Å². The van der Waals surface area contributed by atoms with Crippen LogP contribution in [-0.4, -0.2) is 122 Å². The van der Waals surface area contributed by atoms with E-state index in [4.69, 9.17) is 20.3 Å². The van der Waals surface area contributed by atoms with Crippen LogP contribution in [0.3, 0.4) is 0 Å². The van der Waals surface area contributed by atoms with Gasteiger partial charge in [0.2, 0.25) is 0 Å². The molecule has 0 saturated carbocycles. The molecule has 22 heteroatoms. The van der Waals surface area contributed by atoms with Gasteiger partial charge < -0.3 is 55.6 Å². The van der Waals surface area contributed by atoms with Crippen molar-refractivity contribution in [3.8, 4) is 0 Å². The summed E-state index contributed by atoms with van der Waals surface area (Å²) in [6.07, 6.45) is -13.3. The summed E-state index contributed by atoms with van der Waals surface area (Å²) in [5, 5.41) is 59.2. The smallest absolute Gasteiger partial charge is 0.394 e. The van der Waals surface area contributed by atoms with Gasteiger partial charge in [0.15, 0.2) is 24.0 Å². The number of nitrogens with two attached hydrogens (primary N) is 1. The molecule has 11 atom stereocenters. The number of anilines is 1. The second-order valence-electron chi connectivity index (χ2n) is 8.25. The quantitative estimate of drug-likeness (QED) is 0.126. The van der Waals surface area contributed by atoms with Gasteiger partial charge in [-0.15, -0.1) is 0 Å². The number of nitrogen functional groups attached to an aromatic ring is 1. The molecule has 2 fully saturated rings. The molecule has 4 rings (SSSR count). The van der Waals surface area contributed by atoms with Crippen molar-refractivity contribution in [2.24, 2.45) is 0 Å². The zero-order valence-corrected chi connectivity index (χ0v) is 20.7. The lowest BCUT2D eigenvalue weighted by atomic mass is 10.00. The molecule has 2 aromatic rings. The van der Waals surface area contributed by atoms with E-state index in [0.29, 0.717) is 0 Å². The number of nitrogens with zero attached hydrogens (tertiary/aromatic N) is 4. The van der Waals surface area contributed by atoms with Crippen LogP contribution in [0, 0.1) is 0 Å². The lowest BCUT2D eigenvalue weighted by molar-refractivity contribution is -0.280. The molecule has 214 valence electrons. The van der Waals surface area contributed by atoms with Crippen LogP contribution in [0.5, 0.6) is 0 Å². The topological polar surface area (TPSA) is 312 Å². The average molecular weight is 589 g/mol. The Balaban J connectivity index is 1.38. The fourth-order valence-corrected chi connectivity index (χ4v) is 5.94. The van der Waals surface area contributed by atoms with Crippen LogP contribution in [0.4, 0.5) is 5.82 Å². The molecule has 20 nitrogen and oxygen atoms in total. The van der Waals surface area contributed by atoms with Gasteiger partial charge in [-0.25, -0.2) is 24.1 Å². The number of phosphoric ester groups is 2. The molecule has 0 bridgehead atoms. The first-order chi connectivity index (χ1) is 17.7. The number of phosphoric acid groups is 2. The molecule has 0 amide bonds. The van der Waals surface area contributed by atoms with Gasteiger partial charge in [0, 0.05) is 0 Å². The molecule has 2 saturated heterocycles. The van der Waals surface area contributed by atoms with Gasteiger partial charge in [0.25, 0.3) is 0 Å². The van der Waals surface area contributed by atoms with E-state index in [1.165, 1.54) is 10.9 Å². The van der Waals surface area contributed by atoms with E-state index in [0.717, 1.165) is 6.33 Å². The number of hydrogen-bond donors (Lipinski definition) is 9. The summed E-state index contributed by atoms with van der Waals surface area (Å²) in [6, 6.07) is 0. The summed E-state index contributed by atoms with van der Waals surface area (Å²) >= 11 is 0. The highest BCUT2D eigenvalue weighted by atomic mass is 31.3. The first kappa shape index (κ1) is 29.3. The minimum absolute atomic E-state index is 0.0411. The van der Waals surface area contributed by atoms with Gasteiger partial charge in [-0.3, -0.25) is 13.6 Å². The van der Waals surface area contributed by atoms with Crippen LogP contribution >= 0.6 is 15.6 Å². The summed E-state index contributed by atoms with van der Waals surface area (Å²) < 4.78 is 49.3. The van der Waals surface area contributed by atoms with E-state index in [1.54, 1.807) is 0 Å². The predicted octanol–water partition coefficient (Wildman–Crippen LogP) is -3.92. The third-order valence-electron chi connectivity index (χ3n) is 5.69. The van der Waals surface area contributed by atoms with Crippen molar-refractivity contribution in [3.63, 3.8) is 0 Å². The average Bonchev–Trinajstić information content (AvgIpc) is 3.39. The summed E-state index contributed by atoms with van der Waals surface area (Å²) in [6.45, 7) is -1.82. The molecular weight excluding hydrogens is 564 g/mol. The van der Waals surface area contributed by atoms with Crippen molar-refractivity contribution in [2.45, 2.75) is 55.2 Å². The third-order valence-corrected chi connectivity index (χ3v) is 8.29. The second kappa shape index (κ2) is 11.0. The number of ether oxygens (including phenoxy) is 2. The normalized spacial score (nSPS) is 37.2. The Hall–Kier alpha value is -1.71. The van der Waals surface area contributed by atoms with Crippen molar-refractivity contribution in [1.29, 1.82) is 0 Å². The van der Waals surface area contributed by atoms with Gasteiger partial charge in [-0.2, -0.15) is 4.31 Å². The maximum atomic E-state index is 12.3. The zero-order chi connectivity index (χ0) is 28.0. The first-order valence-corrected chi connectivity index (χ1v) is 13.7. The number of aliphatic hydroxyl groups is 6. The number of rotatable bonds is 9. The van der Waals surface area contributed by atoms with Crippen LogP contribution in [0.1, 0.15) is 6.23 Å². The van der Waals surface area contributed by atoms with E-state index in [1.807, 2.05) is 0 Å². The van der Waals surface area contributed by atoms with E-state index < -0.39 is 84.1 Å². The summed E-state index contributed by atoms with van der Waals surface area (Å²) in [4.78, 5) is 31.5. The molecule has 2 aromatic heterocycles. The SMILES string of the molecule is Nc1ncnc2c1ncn2[C@@H]1O[C@H](COP(=O)(O)OP(=O)(O)O[C@H]2OC(CO)[C@@H](O)C(O)C2O)C(O)C1O. The van der Waals surface area contributed by atoms with Crippen molar-refractivity contribution >= 4 is 32.6 Å². The number of imidazole rings is 1. The van der Waals surface area contributed by atoms with E-state index in [-0.39, 0.29) is 17.0 Å². The Morgan fingerprint density at radius 2 is 1.61 bits per heavy atom. The number of aromatic nitrogens is 4. The standard InChI is InChI=1S/C16H25N5O15P2/c17-13-7-14(19-3-18-13)21(4-20-7)15-11(26)9(24)6(33-15)2-32-37(28,29)36-38(30,31)35-16-12(27)10(25)8(23)5(1-22)34-16/h3-6,8-12,15-16,22-27H,1-2H2,(H,28,29)(H,30,31)(H2,17,18,19)/t5?,6-,8-,9?,10?,11?,12?,15-,16-/m1/s1. The zero-order valence-electron chi connectivity index (χ0n) is 19.0. The van der Waals surface area contributed by atoms with E-state index in [9.17, 15) is 44.4 Å². The Morgan fingerprint density at radius 3 is 2.29 bits per heavy atom. The van der Waals surface area contributed by atoms with Crippen LogP contribution < -0.4 is 5.73 Å². The molecule has 4 heterocycles. The van der Waals surface area contributed by atoms with E-state index in [2.05, 4.69) is 28.3 Å². The Bertz CT molecular complexity index is 1230. The van der Waals surface area contributed by atoms with E-state index >= 15 is 0 Å². The summed E-state index contributed by atoms with van der Waals surface area (Å²) in [7, 11) is -11.0. The maximum Gasteiger partial charge on any atom is 0.483 e. The molecule has 10 N–H and O–H groups in total. The fraction of sp³-hybridized carbons (Fsp3) is 0.688. The van der Waals surface area contributed by atoms with Crippen molar-refractivity contribution in [1.82, 2.24) is 19.5 Å². The number of fused-ring (bicyclic) bond motifs is 1. The number of hydrogen-bond acceptors (Lipinski definition) is 17. The largest absolute Gasteiger partial charge is 0.483 e. The predicted molar refractivity (Wildman–Crippen MR) is 117 cm³/mol. The highest BCUT2D eigenvalue weighted by molar-refractivity contribution is 7.61. The highest BCUT2D eigenvalue weighted by Crippen LogP contribution is 2.61. The lowest BCUT2D eigenvalue weighted by Gasteiger charge is -2.39. The maximum absolute atomic E-state index is 12.3. The Labute approximate surface area is 212 Å². The van der Waals surface area contributed by atoms with Crippen molar-refractivity contribution in [3.05, 3.63) is 12.7 Å². The highest BCUT2D eigenvalue weighted by Gasteiger charge is 2.49. The van der Waals surface area contributed by atoms with Crippen molar-refractivity contribution < 1.29 is 72.4 Å². The Kier molecular flexibility index (Phi) is 8.51. The molecule has 0 spiro atoms. The van der Waals surface area contributed by atoms with Gasteiger partial charge in [0.1, 0.15) is 54.6 Å².